The Morgan fingerprint density at radius 1 is 0.952 bits per heavy atom. The summed E-state index contributed by atoms with van der Waals surface area (Å²) in [5.74, 6) is 2.61. The Bertz CT molecular complexity index is 381. The minimum absolute atomic E-state index is 0.168. The lowest BCUT2D eigenvalue weighted by molar-refractivity contribution is -0.103. The number of benzene rings is 1. The molecular weight excluding hydrogens is 260 g/mol. The molecular formula is C19H32O2. The van der Waals surface area contributed by atoms with E-state index < -0.39 is 0 Å². The molecule has 0 aromatic heterocycles. The number of hydrogen-bond acceptors (Lipinski definition) is 2. The van der Waals surface area contributed by atoms with Crippen LogP contribution in [-0.4, -0.2) is 12.9 Å². The second-order valence-electron chi connectivity index (χ2n) is 6.49. The molecule has 120 valence electrons. The largest absolute Gasteiger partial charge is 0.465 e. The first kappa shape index (κ1) is 18.0. The van der Waals surface area contributed by atoms with Crippen molar-refractivity contribution in [1.29, 1.82) is 0 Å². The van der Waals surface area contributed by atoms with E-state index >= 15 is 0 Å². The van der Waals surface area contributed by atoms with Gasteiger partial charge < -0.3 is 9.47 Å². The van der Waals surface area contributed by atoms with Gasteiger partial charge in [0, 0.05) is 12.5 Å². The Morgan fingerprint density at radius 3 is 2.00 bits per heavy atom. The van der Waals surface area contributed by atoms with Crippen LogP contribution in [0.4, 0.5) is 0 Å². The number of hydrogen-bond donors (Lipinski definition) is 0. The highest BCUT2D eigenvalue weighted by Crippen LogP contribution is 2.28. The van der Waals surface area contributed by atoms with Crippen molar-refractivity contribution in [2.45, 2.75) is 66.6 Å². The molecule has 0 heterocycles. The van der Waals surface area contributed by atoms with Gasteiger partial charge in [-0.15, -0.1) is 0 Å². The first-order valence-electron chi connectivity index (χ1n) is 8.36. The molecule has 0 radical (unpaired) electrons. The molecule has 0 aliphatic carbocycles. The van der Waals surface area contributed by atoms with Crippen molar-refractivity contribution in [2.24, 2.45) is 11.8 Å². The van der Waals surface area contributed by atoms with E-state index in [0.29, 0.717) is 18.4 Å². The summed E-state index contributed by atoms with van der Waals surface area (Å²) >= 11 is 0. The number of ether oxygens (including phenoxy) is 2. The maximum Gasteiger partial charge on any atom is 0.202 e. The smallest absolute Gasteiger partial charge is 0.202 e. The average Bonchev–Trinajstić information content (AvgIpc) is 2.45. The van der Waals surface area contributed by atoms with Crippen LogP contribution in [0.5, 0.6) is 5.75 Å². The summed E-state index contributed by atoms with van der Waals surface area (Å²) in [6, 6.07) is 8.56. The zero-order chi connectivity index (χ0) is 15.8. The molecule has 0 aliphatic heterocycles. The Morgan fingerprint density at radius 2 is 1.57 bits per heavy atom. The first-order valence-corrected chi connectivity index (χ1v) is 8.36. The van der Waals surface area contributed by atoms with E-state index in [1.54, 1.807) is 0 Å². The van der Waals surface area contributed by atoms with Crippen LogP contribution in [0.2, 0.25) is 0 Å². The van der Waals surface area contributed by atoms with Crippen molar-refractivity contribution in [1.82, 2.24) is 0 Å². The normalized spacial score (nSPS) is 14.5. The maximum atomic E-state index is 5.94. The van der Waals surface area contributed by atoms with Crippen molar-refractivity contribution >= 4 is 0 Å². The highest BCUT2D eigenvalue weighted by Gasteiger charge is 2.16. The van der Waals surface area contributed by atoms with E-state index in [9.17, 15) is 0 Å². The van der Waals surface area contributed by atoms with E-state index in [-0.39, 0.29) is 6.29 Å². The van der Waals surface area contributed by atoms with Crippen LogP contribution in [0.1, 0.15) is 65.9 Å². The molecule has 1 rings (SSSR count). The van der Waals surface area contributed by atoms with E-state index in [0.717, 1.165) is 11.7 Å². The first-order chi connectivity index (χ1) is 9.97. The molecule has 2 atom stereocenters. The number of rotatable bonds is 9. The fourth-order valence-electron chi connectivity index (χ4n) is 2.59. The Kier molecular flexibility index (Phi) is 7.81. The third-order valence-corrected chi connectivity index (χ3v) is 3.73. The third-order valence-electron chi connectivity index (χ3n) is 3.73. The molecule has 0 aliphatic rings. The monoisotopic (exact) mass is 292 g/mol. The highest BCUT2D eigenvalue weighted by molar-refractivity contribution is 5.29. The van der Waals surface area contributed by atoms with Crippen LogP contribution >= 0.6 is 0 Å². The molecule has 0 saturated heterocycles. The van der Waals surface area contributed by atoms with Crippen LogP contribution in [0, 0.1) is 11.8 Å². The lowest BCUT2D eigenvalue weighted by atomic mass is 9.88. The molecule has 2 unspecified atom stereocenters. The van der Waals surface area contributed by atoms with Crippen LogP contribution in [0.25, 0.3) is 0 Å². The van der Waals surface area contributed by atoms with Gasteiger partial charge in [-0.1, -0.05) is 46.8 Å². The van der Waals surface area contributed by atoms with Gasteiger partial charge in [-0.3, -0.25) is 0 Å². The Labute approximate surface area is 130 Å². The predicted molar refractivity (Wildman–Crippen MR) is 89.8 cm³/mol. The minimum atomic E-state index is -0.168. The van der Waals surface area contributed by atoms with Gasteiger partial charge in [-0.05, 0) is 49.3 Å². The summed E-state index contributed by atoms with van der Waals surface area (Å²) in [6.07, 6.45) is 2.26. The molecule has 1 aromatic carbocycles. The molecule has 0 fully saturated rings. The Hall–Kier alpha value is -1.02. The van der Waals surface area contributed by atoms with Crippen molar-refractivity contribution in [3.8, 4) is 5.75 Å². The van der Waals surface area contributed by atoms with Gasteiger partial charge in [0.25, 0.3) is 0 Å². The topological polar surface area (TPSA) is 18.5 Å². The average molecular weight is 292 g/mol. The second kappa shape index (κ2) is 9.09. The summed E-state index contributed by atoms with van der Waals surface area (Å²) in [5, 5.41) is 0. The molecule has 21 heavy (non-hydrogen) atoms. The molecule has 0 N–H and O–H groups in total. The molecule has 2 heteroatoms. The van der Waals surface area contributed by atoms with Crippen molar-refractivity contribution in [3.63, 3.8) is 0 Å². The summed E-state index contributed by atoms with van der Waals surface area (Å²) in [7, 11) is 0. The molecule has 1 aromatic rings. The van der Waals surface area contributed by atoms with E-state index in [1.807, 2.05) is 6.92 Å². The molecule has 0 bridgehead atoms. The van der Waals surface area contributed by atoms with E-state index in [2.05, 4.69) is 58.9 Å². The zero-order valence-electron chi connectivity index (χ0n) is 14.6. The fourth-order valence-corrected chi connectivity index (χ4v) is 2.59. The van der Waals surface area contributed by atoms with Gasteiger partial charge in [0.05, 0.1) is 0 Å². The zero-order valence-corrected chi connectivity index (χ0v) is 14.6. The van der Waals surface area contributed by atoms with E-state index in [4.69, 9.17) is 9.47 Å². The molecule has 2 nitrogen and oxygen atoms in total. The SMILES string of the molecule is CCOC(Oc1ccc(C(CC)CC(C)C)cc1)C(C)C. The van der Waals surface area contributed by atoms with Gasteiger partial charge in [0.1, 0.15) is 5.75 Å². The highest BCUT2D eigenvalue weighted by atomic mass is 16.7. The van der Waals surface area contributed by atoms with Crippen LogP contribution in [0.3, 0.4) is 0 Å². The standard InChI is InChI=1S/C19H32O2/c1-7-16(13-14(3)4)17-9-11-18(12-10-17)21-19(15(5)6)20-8-2/h9-12,14-16,19H,7-8,13H2,1-6H3. The molecule has 0 spiro atoms. The predicted octanol–water partition coefficient (Wildman–Crippen LogP) is 5.62. The van der Waals surface area contributed by atoms with Gasteiger partial charge in [-0.2, -0.15) is 0 Å². The van der Waals surface area contributed by atoms with Crippen molar-refractivity contribution in [2.75, 3.05) is 6.61 Å². The van der Waals surface area contributed by atoms with Crippen LogP contribution < -0.4 is 4.74 Å². The molecule has 0 amide bonds. The lowest BCUT2D eigenvalue weighted by Crippen LogP contribution is -2.26. The fraction of sp³-hybridized carbons (Fsp3) is 0.684. The van der Waals surface area contributed by atoms with Gasteiger partial charge >= 0.3 is 0 Å². The summed E-state index contributed by atoms with van der Waals surface area (Å²) < 4.78 is 11.6. The van der Waals surface area contributed by atoms with Crippen LogP contribution in [-0.2, 0) is 4.74 Å². The van der Waals surface area contributed by atoms with Gasteiger partial charge in [-0.25, -0.2) is 0 Å². The van der Waals surface area contributed by atoms with Crippen molar-refractivity contribution < 1.29 is 9.47 Å². The molecule has 0 saturated carbocycles. The lowest BCUT2D eigenvalue weighted by Gasteiger charge is -2.23. The summed E-state index contributed by atoms with van der Waals surface area (Å²) in [5.41, 5.74) is 1.41. The van der Waals surface area contributed by atoms with E-state index in [1.165, 1.54) is 18.4 Å². The third kappa shape index (κ3) is 6.09. The van der Waals surface area contributed by atoms with Crippen LogP contribution in [0.15, 0.2) is 24.3 Å². The Balaban J connectivity index is 2.72. The minimum Gasteiger partial charge on any atom is -0.465 e. The van der Waals surface area contributed by atoms with Gasteiger partial charge in [0.15, 0.2) is 0 Å². The maximum absolute atomic E-state index is 5.94. The summed E-state index contributed by atoms with van der Waals surface area (Å²) in [4.78, 5) is 0. The second-order valence-corrected chi connectivity index (χ2v) is 6.49. The summed E-state index contributed by atoms with van der Waals surface area (Å²) in [6.45, 7) is 13.7. The van der Waals surface area contributed by atoms with Gasteiger partial charge in [0.2, 0.25) is 6.29 Å². The van der Waals surface area contributed by atoms with Crippen molar-refractivity contribution in [3.05, 3.63) is 29.8 Å². The quantitative estimate of drug-likeness (QED) is 0.550.